The molecule has 3 rings (SSSR count). The Balaban J connectivity index is 1.56. The van der Waals surface area contributed by atoms with E-state index < -0.39 is 0 Å². The number of carbonyl (C=O) groups is 1. The van der Waals surface area contributed by atoms with Crippen molar-refractivity contribution in [1.29, 1.82) is 0 Å². The van der Waals surface area contributed by atoms with E-state index >= 15 is 0 Å². The number of fused-ring (bicyclic) bond motifs is 1. The van der Waals surface area contributed by atoms with Gasteiger partial charge in [0.25, 0.3) is 0 Å². The molecular weight excluding hydrogens is 238 g/mol. The van der Waals surface area contributed by atoms with Crippen LogP contribution in [0, 0.1) is 5.92 Å². The van der Waals surface area contributed by atoms with E-state index in [1.165, 1.54) is 19.3 Å². The van der Waals surface area contributed by atoms with Gasteiger partial charge in [0.2, 0.25) is 0 Å². The molecule has 1 aliphatic heterocycles. The fourth-order valence-corrected chi connectivity index (χ4v) is 3.43. The van der Waals surface area contributed by atoms with Crippen molar-refractivity contribution < 1.29 is 9.53 Å². The van der Waals surface area contributed by atoms with E-state index in [1.807, 2.05) is 35.2 Å². The van der Waals surface area contributed by atoms with Crippen molar-refractivity contribution in [2.24, 2.45) is 5.92 Å². The maximum atomic E-state index is 12.2. The maximum absolute atomic E-state index is 12.2. The van der Waals surface area contributed by atoms with Crippen LogP contribution in [0.25, 0.3) is 0 Å². The van der Waals surface area contributed by atoms with Crippen LogP contribution in [0.4, 0.5) is 4.79 Å². The molecule has 102 valence electrons. The third-order valence-corrected chi connectivity index (χ3v) is 4.45. The van der Waals surface area contributed by atoms with Crippen LogP contribution < -0.4 is 0 Å². The highest BCUT2D eigenvalue weighted by Crippen LogP contribution is 2.36. The summed E-state index contributed by atoms with van der Waals surface area (Å²) in [5.74, 6) is 0.720. The summed E-state index contributed by atoms with van der Waals surface area (Å²) in [6.45, 7) is 1.26. The summed E-state index contributed by atoms with van der Waals surface area (Å²) in [7, 11) is 0. The lowest BCUT2D eigenvalue weighted by Crippen LogP contribution is -2.39. The SMILES string of the molecule is O=C(OCc1ccccc1)N1CC[C@@H]2CCCC[C@@H]21. The first-order valence-corrected chi connectivity index (χ1v) is 7.32. The van der Waals surface area contributed by atoms with Crippen molar-refractivity contribution >= 4 is 6.09 Å². The summed E-state index contributed by atoms with van der Waals surface area (Å²) in [4.78, 5) is 14.1. The highest BCUT2D eigenvalue weighted by atomic mass is 16.6. The molecule has 1 saturated carbocycles. The lowest BCUT2D eigenvalue weighted by atomic mass is 9.85. The Hall–Kier alpha value is -1.51. The molecule has 1 aromatic carbocycles. The molecule has 0 N–H and O–H groups in total. The molecule has 2 atom stereocenters. The van der Waals surface area contributed by atoms with Gasteiger partial charge in [0.1, 0.15) is 6.61 Å². The fraction of sp³-hybridized carbons (Fsp3) is 0.562. The van der Waals surface area contributed by atoms with E-state index in [-0.39, 0.29) is 6.09 Å². The van der Waals surface area contributed by atoms with Gasteiger partial charge in [-0.3, -0.25) is 0 Å². The zero-order valence-electron chi connectivity index (χ0n) is 11.3. The minimum Gasteiger partial charge on any atom is -0.445 e. The first kappa shape index (κ1) is 12.5. The van der Waals surface area contributed by atoms with E-state index in [2.05, 4.69) is 0 Å². The van der Waals surface area contributed by atoms with Crippen LogP contribution in [0.15, 0.2) is 30.3 Å². The largest absolute Gasteiger partial charge is 0.445 e. The van der Waals surface area contributed by atoms with Crippen LogP contribution >= 0.6 is 0 Å². The molecule has 0 radical (unpaired) electrons. The quantitative estimate of drug-likeness (QED) is 0.812. The topological polar surface area (TPSA) is 29.5 Å². The van der Waals surface area contributed by atoms with Crippen molar-refractivity contribution in [3.8, 4) is 0 Å². The van der Waals surface area contributed by atoms with E-state index in [0.29, 0.717) is 12.6 Å². The van der Waals surface area contributed by atoms with Crippen molar-refractivity contribution in [1.82, 2.24) is 4.90 Å². The molecule has 2 fully saturated rings. The summed E-state index contributed by atoms with van der Waals surface area (Å²) in [5, 5.41) is 0. The molecule has 0 spiro atoms. The number of nitrogens with zero attached hydrogens (tertiary/aromatic N) is 1. The third-order valence-electron chi connectivity index (χ3n) is 4.45. The van der Waals surface area contributed by atoms with Gasteiger partial charge in [-0.2, -0.15) is 0 Å². The van der Waals surface area contributed by atoms with E-state index in [9.17, 15) is 4.79 Å². The van der Waals surface area contributed by atoms with Crippen LogP contribution in [0.3, 0.4) is 0 Å². The van der Waals surface area contributed by atoms with Crippen molar-refractivity contribution in [3.63, 3.8) is 0 Å². The van der Waals surface area contributed by atoms with E-state index in [1.54, 1.807) is 0 Å². The van der Waals surface area contributed by atoms with Crippen LogP contribution in [-0.2, 0) is 11.3 Å². The number of ether oxygens (including phenoxy) is 1. The van der Waals surface area contributed by atoms with Crippen LogP contribution in [0.5, 0.6) is 0 Å². The molecule has 0 unspecified atom stereocenters. The van der Waals surface area contributed by atoms with Crippen molar-refractivity contribution in [2.45, 2.75) is 44.8 Å². The molecule has 1 amide bonds. The smallest absolute Gasteiger partial charge is 0.410 e. The summed E-state index contributed by atoms with van der Waals surface area (Å²) in [6, 6.07) is 10.3. The number of hydrogen-bond donors (Lipinski definition) is 0. The van der Waals surface area contributed by atoms with Gasteiger partial charge in [-0.05, 0) is 30.7 Å². The second-order valence-corrected chi connectivity index (χ2v) is 5.63. The molecule has 1 heterocycles. The van der Waals surface area contributed by atoms with Crippen LogP contribution in [0.1, 0.15) is 37.7 Å². The van der Waals surface area contributed by atoms with Gasteiger partial charge in [0.05, 0.1) is 0 Å². The number of amides is 1. The Morgan fingerprint density at radius 2 is 1.95 bits per heavy atom. The summed E-state index contributed by atoms with van der Waals surface area (Å²) in [6.07, 6.45) is 6.05. The molecule has 0 aromatic heterocycles. The Morgan fingerprint density at radius 1 is 1.16 bits per heavy atom. The van der Waals surface area contributed by atoms with Gasteiger partial charge >= 0.3 is 6.09 Å². The second kappa shape index (κ2) is 5.64. The molecule has 1 aliphatic carbocycles. The molecule has 19 heavy (non-hydrogen) atoms. The zero-order chi connectivity index (χ0) is 13.1. The van der Waals surface area contributed by atoms with Crippen molar-refractivity contribution in [2.75, 3.05) is 6.54 Å². The Bertz CT molecular complexity index is 432. The van der Waals surface area contributed by atoms with Crippen molar-refractivity contribution in [3.05, 3.63) is 35.9 Å². The maximum Gasteiger partial charge on any atom is 0.410 e. The number of hydrogen-bond acceptors (Lipinski definition) is 2. The number of benzene rings is 1. The van der Waals surface area contributed by atoms with Gasteiger partial charge < -0.3 is 9.64 Å². The minimum absolute atomic E-state index is 0.127. The van der Waals surface area contributed by atoms with Gasteiger partial charge in [0.15, 0.2) is 0 Å². The van der Waals surface area contributed by atoms with Crippen LogP contribution in [0.2, 0.25) is 0 Å². The first-order valence-electron chi connectivity index (χ1n) is 7.32. The molecule has 2 aliphatic rings. The number of likely N-dealkylation sites (tertiary alicyclic amines) is 1. The third kappa shape index (κ3) is 2.75. The average Bonchev–Trinajstić information content (AvgIpc) is 2.90. The van der Waals surface area contributed by atoms with Gasteiger partial charge in [-0.25, -0.2) is 4.79 Å². The predicted molar refractivity (Wildman–Crippen MR) is 73.7 cm³/mol. The van der Waals surface area contributed by atoms with Crippen LogP contribution in [-0.4, -0.2) is 23.6 Å². The Morgan fingerprint density at radius 3 is 2.79 bits per heavy atom. The Kier molecular flexibility index (Phi) is 3.72. The highest BCUT2D eigenvalue weighted by molar-refractivity contribution is 5.68. The van der Waals surface area contributed by atoms with Gasteiger partial charge in [-0.1, -0.05) is 43.2 Å². The lowest BCUT2D eigenvalue weighted by molar-refractivity contribution is 0.0823. The van der Waals surface area contributed by atoms with Gasteiger partial charge in [0, 0.05) is 12.6 Å². The molecule has 1 aromatic rings. The zero-order valence-corrected chi connectivity index (χ0v) is 11.3. The molecule has 0 bridgehead atoms. The summed E-state index contributed by atoms with van der Waals surface area (Å²) in [5.41, 5.74) is 1.05. The van der Waals surface area contributed by atoms with E-state index in [0.717, 1.165) is 30.9 Å². The standard InChI is InChI=1S/C16H21NO2/c18-16(19-12-13-6-2-1-3-7-13)17-11-10-14-8-4-5-9-15(14)17/h1-3,6-7,14-15H,4-5,8-12H2/t14-,15-/m0/s1. The van der Waals surface area contributed by atoms with Gasteiger partial charge in [-0.15, -0.1) is 0 Å². The average molecular weight is 259 g/mol. The highest BCUT2D eigenvalue weighted by Gasteiger charge is 2.38. The summed E-state index contributed by atoms with van der Waals surface area (Å²) >= 11 is 0. The number of carbonyl (C=O) groups excluding carboxylic acids is 1. The predicted octanol–water partition coefficient (Wildman–Crippen LogP) is 3.59. The molecule has 3 heteroatoms. The van der Waals surface area contributed by atoms with E-state index in [4.69, 9.17) is 4.74 Å². The Labute approximate surface area is 114 Å². The monoisotopic (exact) mass is 259 g/mol. The molecule has 1 saturated heterocycles. The first-order chi connectivity index (χ1) is 9.34. The minimum atomic E-state index is -0.127. The lowest BCUT2D eigenvalue weighted by Gasteiger charge is -2.30. The number of rotatable bonds is 2. The molecular formula is C16H21NO2. The fourth-order valence-electron chi connectivity index (χ4n) is 3.43. The molecule has 3 nitrogen and oxygen atoms in total. The normalized spacial score (nSPS) is 26.0. The summed E-state index contributed by atoms with van der Waals surface area (Å²) < 4.78 is 5.45. The second-order valence-electron chi connectivity index (χ2n) is 5.63.